The molecule has 2 atom stereocenters. The van der Waals surface area contributed by atoms with Gasteiger partial charge in [0.2, 0.25) is 10.9 Å². The molecule has 2 heterocycles. The summed E-state index contributed by atoms with van der Waals surface area (Å²) in [5.41, 5.74) is 0.978. The van der Waals surface area contributed by atoms with Crippen LogP contribution in [0.3, 0.4) is 0 Å². The van der Waals surface area contributed by atoms with E-state index in [1.54, 1.807) is 25.6 Å². The van der Waals surface area contributed by atoms with Crippen molar-refractivity contribution in [3.63, 3.8) is 0 Å². The number of nitrogens with zero attached hydrogens (tertiary/aromatic N) is 2. The second kappa shape index (κ2) is 7.01. The predicted octanol–water partition coefficient (Wildman–Crippen LogP) is 3.07. The van der Waals surface area contributed by atoms with Crippen LogP contribution >= 0.6 is 22.9 Å². The fourth-order valence-electron chi connectivity index (χ4n) is 1.95. The summed E-state index contributed by atoms with van der Waals surface area (Å²) in [6.45, 7) is 5.10. The first-order valence-corrected chi connectivity index (χ1v) is 8.03. The van der Waals surface area contributed by atoms with Crippen molar-refractivity contribution >= 4 is 22.9 Å². The molecule has 0 spiro atoms. The van der Waals surface area contributed by atoms with Crippen LogP contribution < -0.4 is 14.8 Å². The normalized spacial score (nSPS) is 14.0. The number of ether oxygens (including phenoxy) is 2. The molecule has 20 heavy (non-hydrogen) atoms. The summed E-state index contributed by atoms with van der Waals surface area (Å²) in [4.78, 5) is 4.34. The van der Waals surface area contributed by atoms with E-state index in [0.717, 1.165) is 22.2 Å². The largest absolute Gasteiger partial charge is 0.486 e. The van der Waals surface area contributed by atoms with E-state index in [2.05, 4.69) is 28.5 Å². The van der Waals surface area contributed by atoms with Crippen LogP contribution in [-0.4, -0.2) is 30.1 Å². The van der Waals surface area contributed by atoms with Gasteiger partial charge in [0.15, 0.2) is 0 Å². The molecule has 0 aliphatic heterocycles. The number of hydrogen-bond donors (Lipinski definition) is 1. The zero-order chi connectivity index (χ0) is 14.5. The van der Waals surface area contributed by atoms with Crippen LogP contribution in [0, 0.1) is 0 Å². The quantitative estimate of drug-likeness (QED) is 0.851. The van der Waals surface area contributed by atoms with Crippen molar-refractivity contribution in [3.8, 4) is 10.9 Å². The zero-order valence-corrected chi connectivity index (χ0v) is 13.7. The highest BCUT2D eigenvalue weighted by molar-refractivity contribution is 7.09. The summed E-state index contributed by atoms with van der Waals surface area (Å²) in [7, 11) is 3.28. The van der Waals surface area contributed by atoms with Crippen molar-refractivity contribution in [2.75, 3.05) is 20.8 Å². The summed E-state index contributed by atoms with van der Waals surface area (Å²) in [5, 5.41) is 7.44. The van der Waals surface area contributed by atoms with Gasteiger partial charge in [-0.15, -0.1) is 11.3 Å². The minimum absolute atomic E-state index is 0.112. The lowest BCUT2D eigenvalue weighted by molar-refractivity contribution is 0.376. The van der Waals surface area contributed by atoms with Crippen LogP contribution in [0.1, 0.15) is 36.4 Å². The first-order chi connectivity index (χ1) is 9.67. The summed E-state index contributed by atoms with van der Waals surface area (Å²) in [6, 6.07) is 0.112. The van der Waals surface area contributed by atoms with E-state index in [9.17, 15) is 0 Å². The Balaban J connectivity index is 2.01. The maximum Gasteiger partial charge on any atom is 0.233 e. The highest BCUT2D eigenvalue weighted by atomic mass is 32.1. The molecule has 1 N–H and O–H groups in total. The Morgan fingerprint density at radius 3 is 2.70 bits per heavy atom. The smallest absolute Gasteiger partial charge is 0.233 e. The minimum atomic E-state index is 0.112. The van der Waals surface area contributed by atoms with Gasteiger partial charge in [0.25, 0.3) is 0 Å². The van der Waals surface area contributed by atoms with E-state index < -0.39 is 0 Å². The van der Waals surface area contributed by atoms with E-state index in [4.69, 9.17) is 9.47 Å². The van der Waals surface area contributed by atoms with Crippen LogP contribution in [0.2, 0.25) is 0 Å². The van der Waals surface area contributed by atoms with E-state index >= 15 is 0 Å². The summed E-state index contributed by atoms with van der Waals surface area (Å²) in [5.74, 6) is 1.01. The SMILES string of the molecule is COc1nsc(OC)c1C(C)NCC(C)c1nccs1. The molecule has 0 amide bonds. The lowest BCUT2D eigenvalue weighted by Crippen LogP contribution is -2.24. The van der Waals surface area contributed by atoms with E-state index in [0.29, 0.717) is 11.8 Å². The summed E-state index contributed by atoms with van der Waals surface area (Å²) in [6.07, 6.45) is 1.84. The lowest BCUT2D eigenvalue weighted by atomic mass is 10.1. The van der Waals surface area contributed by atoms with Crippen LogP contribution in [-0.2, 0) is 0 Å². The molecule has 2 aromatic heterocycles. The van der Waals surface area contributed by atoms with Gasteiger partial charge in [-0.05, 0) is 6.92 Å². The van der Waals surface area contributed by atoms with Crippen LogP contribution in [0.15, 0.2) is 11.6 Å². The first kappa shape index (κ1) is 15.2. The number of rotatable bonds is 7. The van der Waals surface area contributed by atoms with Gasteiger partial charge in [-0.3, -0.25) is 0 Å². The van der Waals surface area contributed by atoms with Crippen molar-refractivity contribution in [3.05, 3.63) is 22.1 Å². The molecule has 7 heteroatoms. The molecule has 0 fully saturated rings. The van der Waals surface area contributed by atoms with Crippen LogP contribution in [0.5, 0.6) is 10.9 Å². The number of methoxy groups -OCH3 is 2. The maximum absolute atomic E-state index is 5.35. The Bertz CT molecular complexity index is 506. The van der Waals surface area contributed by atoms with Crippen molar-refractivity contribution in [1.29, 1.82) is 0 Å². The molecule has 0 aliphatic carbocycles. The van der Waals surface area contributed by atoms with Gasteiger partial charge in [-0.1, -0.05) is 6.92 Å². The topological polar surface area (TPSA) is 56.3 Å². The molecule has 0 aliphatic rings. The molecule has 2 aromatic rings. The van der Waals surface area contributed by atoms with E-state index in [1.165, 1.54) is 11.5 Å². The molecule has 0 saturated heterocycles. The minimum Gasteiger partial charge on any atom is -0.486 e. The highest BCUT2D eigenvalue weighted by Crippen LogP contribution is 2.37. The molecule has 0 saturated carbocycles. The van der Waals surface area contributed by atoms with Gasteiger partial charge in [-0.25, -0.2) is 4.98 Å². The third kappa shape index (κ3) is 3.28. The first-order valence-electron chi connectivity index (χ1n) is 6.37. The molecule has 5 nitrogen and oxygen atoms in total. The second-order valence-corrected chi connectivity index (χ2v) is 6.16. The summed E-state index contributed by atoms with van der Waals surface area (Å²) < 4.78 is 14.9. The Labute approximate surface area is 127 Å². The predicted molar refractivity (Wildman–Crippen MR) is 82.2 cm³/mol. The average Bonchev–Trinajstić information content (AvgIpc) is 3.12. The third-order valence-corrected chi connectivity index (χ3v) is 4.89. The molecule has 2 unspecified atom stereocenters. The van der Waals surface area contributed by atoms with Crippen LogP contribution in [0.25, 0.3) is 0 Å². The van der Waals surface area contributed by atoms with Gasteiger partial charge in [-0.2, -0.15) is 4.37 Å². The Hall–Kier alpha value is -1.18. The molecule has 2 rings (SSSR count). The molecule has 0 aromatic carbocycles. The zero-order valence-electron chi connectivity index (χ0n) is 12.0. The Morgan fingerprint density at radius 1 is 1.30 bits per heavy atom. The van der Waals surface area contributed by atoms with Gasteiger partial charge in [0, 0.05) is 41.6 Å². The standard InChI is InChI=1S/C13H19N3O2S2/c1-8(12-14-5-6-19-12)7-15-9(2)10-11(17-3)16-20-13(10)18-4/h5-6,8-9,15H,7H2,1-4H3. The van der Waals surface area contributed by atoms with Gasteiger partial charge in [0.05, 0.1) is 24.8 Å². The highest BCUT2D eigenvalue weighted by Gasteiger charge is 2.22. The number of nitrogens with one attached hydrogen (secondary N) is 1. The van der Waals surface area contributed by atoms with Crippen molar-refractivity contribution in [1.82, 2.24) is 14.7 Å². The Morgan fingerprint density at radius 2 is 2.10 bits per heavy atom. The van der Waals surface area contributed by atoms with Crippen LogP contribution in [0.4, 0.5) is 0 Å². The molecule has 0 radical (unpaired) electrons. The maximum atomic E-state index is 5.35. The van der Waals surface area contributed by atoms with Gasteiger partial charge < -0.3 is 14.8 Å². The molecular weight excluding hydrogens is 294 g/mol. The number of hydrogen-bond acceptors (Lipinski definition) is 7. The Kier molecular flexibility index (Phi) is 5.33. The second-order valence-electron chi connectivity index (χ2n) is 4.50. The monoisotopic (exact) mass is 313 g/mol. The van der Waals surface area contributed by atoms with Crippen molar-refractivity contribution in [2.24, 2.45) is 0 Å². The van der Waals surface area contributed by atoms with Gasteiger partial charge >= 0.3 is 0 Å². The van der Waals surface area contributed by atoms with Gasteiger partial charge in [0.1, 0.15) is 0 Å². The fourth-order valence-corrected chi connectivity index (χ4v) is 3.42. The molecular formula is C13H19N3O2S2. The van der Waals surface area contributed by atoms with Crippen molar-refractivity contribution < 1.29 is 9.47 Å². The average molecular weight is 313 g/mol. The summed E-state index contributed by atoms with van der Waals surface area (Å²) >= 11 is 3.00. The van der Waals surface area contributed by atoms with Crippen molar-refractivity contribution in [2.45, 2.75) is 25.8 Å². The lowest BCUT2D eigenvalue weighted by Gasteiger charge is -2.17. The fraction of sp³-hybridized carbons (Fsp3) is 0.538. The number of thiazole rings is 1. The van der Waals surface area contributed by atoms with E-state index in [1.807, 2.05) is 11.6 Å². The molecule has 0 bridgehead atoms. The number of aromatic nitrogens is 2. The van der Waals surface area contributed by atoms with E-state index in [-0.39, 0.29) is 6.04 Å². The molecule has 110 valence electrons. The third-order valence-electron chi connectivity index (χ3n) is 3.08.